The zero-order valence-electron chi connectivity index (χ0n) is 9.02. The van der Waals surface area contributed by atoms with E-state index >= 15 is 0 Å². The second-order valence-electron chi connectivity index (χ2n) is 4.49. The first kappa shape index (κ1) is 11.3. The molecular formula is C9H19N3O2S. The lowest BCUT2D eigenvalue weighted by molar-refractivity contribution is 0.421. The van der Waals surface area contributed by atoms with E-state index in [0.717, 1.165) is 12.8 Å². The van der Waals surface area contributed by atoms with Gasteiger partial charge in [-0.25, -0.2) is 4.72 Å². The predicted octanol–water partition coefficient (Wildman–Crippen LogP) is -0.490. The van der Waals surface area contributed by atoms with Crippen molar-refractivity contribution in [3.05, 3.63) is 0 Å². The summed E-state index contributed by atoms with van der Waals surface area (Å²) >= 11 is 0. The van der Waals surface area contributed by atoms with Gasteiger partial charge in [-0.15, -0.1) is 0 Å². The van der Waals surface area contributed by atoms with Crippen molar-refractivity contribution >= 4 is 10.2 Å². The van der Waals surface area contributed by atoms with Crippen molar-refractivity contribution in [2.75, 3.05) is 19.6 Å². The van der Waals surface area contributed by atoms with Crippen molar-refractivity contribution in [1.29, 1.82) is 0 Å². The van der Waals surface area contributed by atoms with Gasteiger partial charge in [0.1, 0.15) is 0 Å². The van der Waals surface area contributed by atoms with Crippen molar-refractivity contribution in [3.63, 3.8) is 0 Å². The van der Waals surface area contributed by atoms with Gasteiger partial charge in [-0.2, -0.15) is 12.7 Å². The van der Waals surface area contributed by atoms with Crippen LogP contribution in [-0.2, 0) is 10.2 Å². The van der Waals surface area contributed by atoms with Gasteiger partial charge in [0.15, 0.2) is 0 Å². The highest BCUT2D eigenvalue weighted by molar-refractivity contribution is 7.87. The molecule has 1 heterocycles. The molecule has 15 heavy (non-hydrogen) atoms. The summed E-state index contributed by atoms with van der Waals surface area (Å²) in [7, 11) is -3.25. The number of nitrogens with one attached hydrogen (secondary N) is 1. The molecule has 0 amide bonds. The molecule has 88 valence electrons. The zero-order valence-corrected chi connectivity index (χ0v) is 9.83. The maximum Gasteiger partial charge on any atom is 0.279 e. The van der Waals surface area contributed by atoms with E-state index in [1.165, 1.54) is 0 Å². The van der Waals surface area contributed by atoms with Crippen LogP contribution in [0.15, 0.2) is 0 Å². The molecule has 3 atom stereocenters. The van der Waals surface area contributed by atoms with Crippen molar-refractivity contribution in [2.24, 2.45) is 17.6 Å². The van der Waals surface area contributed by atoms with E-state index in [0.29, 0.717) is 31.5 Å². The standard InChI is InChI=1S/C9H19N3O2S/c1-2-11-15(13,14)12-5-7-3-4-9(10)8(7)6-12/h7-9,11H,2-6,10H2,1H3. The quantitative estimate of drug-likeness (QED) is 0.690. The molecule has 0 aromatic heterocycles. The van der Waals surface area contributed by atoms with Crippen molar-refractivity contribution in [1.82, 2.24) is 9.03 Å². The molecule has 2 fully saturated rings. The van der Waals surface area contributed by atoms with E-state index in [4.69, 9.17) is 5.73 Å². The smallest absolute Gasteiger partial charge is 0.279 e. The average Bonchev–Trinajstić information content (AvgIpc) is 2.69. The molecule has 1 saturated heterocycles. The Labute approximate surface area is 91.2 Å². The second-order valence-corrected chi connectivity index (χ2v) is 6.24. The fraction of sp³-hybridized carbons (Fsp3) is 1.00. The van der Waals surface area contributed by atoms with Gasteiger partial charge in [-0.1, -0.05) is 6.92 Å². The van der Waals surface area contributed by atoms with Crippen LogP contribution in [0.25, 0.3) is 0 Å². The van der Waals surface area contributed by atoms with Crippen LogP contribution in [-0.4, -0.2) is 38.4 Å². The van der Waals surface area contributed by atoms with Crippen LogP contribution in [0.3, 0.4) is 0 Å². The molecule has 2 rings (SSSR count). The summed E-state index contributed by atoms with van der Waals surface area (Å²) in [6.45, 7) is 3.48. The number of nitrogens with two attached hydrogens (primary N) is 1. The summed E-state index contributed by atoms with van der Waals surface area (Å²) in [4.78, 5) is 0. The number of fused-ring (bicyclic) bond motifs is 1. The van der Waals surface area contributed by atoms with Gasteiger partial charge in [0.05, 0.1) is 0 Å². The van der Waals surface area contributed by atoms with Gasteiger partial charge in [-0.05, 0) is 24.7 Å². The van der Waals surface area contributed by atoms with Gasteiger partial charge in [0.2, 0.25) is 0 Å². The summed E-state index contributed by atoms with van der Waals surface area (Å²) in [6, 6.07) is 0.192. The molecule has 1 aliphatic carbocycles. The molecule has 1 saturated carbocycles. The minimum absolute atomic E-state index is 0.192. The topological polar surface area (TPSA) is 75.4 Å². The Kier molecular flexibility index (Phi) is 3.03. The Balaban J connectivity index is 2.05. The van der Waals surface area contributed by atoms with Crippen molar-refractivity contribution < 1.29 is 8.42 Å². The number of rotatable bonds is 3. The third-order valence-electron chi connectivity index (χ3n) is 3.55. The Morgan fingerprint density at radius 3 is 2.73 bits per heavy atom. The van der Waals surface area contributed by atoms with Crippen LogP contribution < -0.4 is 10.5 Å². The molecule has 2 aliphatic rings. The van der Waals surface area contributed by atoms with Crippen molar-refractivity contribution in [2.45, 2.75) is 25.8 Å². The first-order valence-electron chi connectivity index (χ1n) is 5.55. The monoisotopic (exact) mass is 233 g/mol. The lowest BCUT2D eigenvalue weighted by Gasteiger charge is -2.18. The van der Waals surface area contributed by atoms with Gasteiger partial charge >= 0.3 is 0 Å². The first-order valence-corrected chi connectivity index (χ1v) is 6.99. The number of hydrogen-bond donors (Lipinski definition) is 2. The highest BCUT2D eigenvalue weighted by atomic mass is 32.2. The molecule has 0 spiro atoms. The van der Waals surface area contributed by atoms with Crippen LogP contribution in [0.2, 0.25) is 0 Å². The molecule has 6 heteroatoms. The largest absolute Gasteiger partial charge is 0.327 e. The second kappa shape index (κ2) is 4.01. The molecule has 1 aliphatic heterocycles. The molecule has 0 bridgehead atoms. The summed E-state index contributed by atoms with van der Waals surface area (Å²) in [5.74, 6) is 0.854. The molecule has 3 N–H and O–H groups in total. The maximum atomic E-state index is 11.7. The van der Waals surface area contributed by atoms with E-state index in [9.17, 15) is 8.42 Å². The summed E-state index contributed by atoms with van der Waals surface area (Å²) in [5, 5.41) is 0. The van der Waals surface area contributed by atoms with E-state index in [-0.39, 0.29) is 6.04 Å². The summed E-state index contributed by atoms with van der Waals surface area (Å²) < 4.78 is 27.6. The maximum absolute atomic E-state index is 11.7. The van der Waals surface area contributed by atoms with Crippen LogP contribution in [0.5, 0.6) is 0 Å². The Hall–Kier alpha value is -0.170. The molecule has 3 unspecified atom stereocenters. The zero-order chi connectivity index (χ0) is 11.1. The minimum Gasteiger partial charge on any atom is -0.327 e. The van der Waals surface area contributed by atoms with Gasteiger partial charge in [-0.3, -0.25) is 0 Å². The number of hydrogen-bond acceptors (Lipinski definition) is 3. The Morgan fingerprint density at radius 2 is 2.13 bits per heavy atom. The SMILES string of the molecule is CCNS(=O)(=O)N1CC2CCC(N)C2C1. The van der Waals surface area contributed by atoms with E-state index in [1.807, 2.05) is 0 Å². The molecule has 0 aromatic carbocycles. The highest BCUT2D eigenvalue weighted by Crippen LogP contribution is 2.37. The fourth-order valence-corrected chi connectivity index (χ4v) is 4.04. The average molecular weight is 233 g/mol. The van der Waals surface area contributed by atoms with Crippen LogP contribution in [0.1, 0.15) is 19.8 Å². The third kappa shape index (κ3) is 2.04. The summed E-state index contributed by atoms with van der Waals surface area (Å²) in [5.41, 5.74) is 5.96. The van der Waals surface area contributed by atoms with Gasteiger partial charge in [0, 0.05) is 25.7 Å². The van der Waals surface area contributed by atoms with E-state index in [2.05, 4.69) is 4.72 Å². The van der Waals surface area contributed by atoms with Crippen LogP contribution >= 0.6 is 0 Å². The fourth-order valence-electron chi connectivity index (χ4n) is 2.74. The highest BCUT2D eigenvalue weighted by Gasteiger charge is 2.44. The molecule has 0 aromatic rings. The lowest BCUT2D eigenvalue weighted by Crippen LogP contribution is -2.40. The predicted molar refractivity (Wildman–Crippen MR) is 58.4 cm³/mol. The van der Waals surface area contributed by atoms with Crippen LogP contribution in [0.4, 0.5) is 0 Å². The van der Waals surface area contributed by atoms with Crippen molar-refractivity contribution in [3.8, 4) is 0 Å². The summed E-state index contributed by atoms with van der Waals surface area (Å²) in [6.07, 6.45) is 2.12. The lowest BCUT2D eigenvalue weighted by atomic mass is 9.98. The van der Waals surface area contributed by atoms with Gasteiger partial charge in [0.25, 0.3) is 10.2 Å². The van der Waals surface area contributed by atoms with Gasteiger partial charge < -0.3 is 5.73 Å². The third-order valence-corrected chi connectivity index (χ3v) is 5.18. The first-order chi connectivity index (χ1) is 7.04. The molecular weight excluding hydrogens is 214 g/mol. The normalized spacial score (nSPS) is 37.1. The van der Waals surface area contributed by atoms with E-state index in [1.54, 1.807) is 11.2 Å². The molecule has 0 radical (unpaired) electrons. The Bertz CT molecular complexity index is 330. The number of nitrogens with zero attached hydrogens (tertiary/aromatic N) is 1. The minimum atomic E-state index is -3.25. The molecule has 5 nitrogen and oxygen atoms in total. The van der Waals surface area contributed by atoms with Crippen LogP contribution in [0, 0.1) is 11.8 Å². The van der Waals surface area contributed by atoms with E-state index < -0.39 is 10.2 Å². The Morgan fingerprint density at radius 1 is 1.40 bits per heavy atom.